The Kier molecular flexibility index (Phi) is 5.45. The molecule has 5 nitrogen and oxygen atoms in total. The van der Waals surface area contributed by atoms with E-state index in [0.29, 0.717) is 28.9 Å². The lowest BCUT2D eigenvalue weighted by Gasteiger charge is -2.08. The monoisotopic (exact) mass is 362 g/mol. The first-order chi connectivity index (χ1) is 12.0. The van der Waals surface area contributed by atoms with Crippen molar-refractivity contribution in [2.45, 2.75) is 13.3 Å². The molecule has 1 fully saturated rings. The summed E-state index contributed by atoms with van der Waals surface area (Å²) in [6.07, 6.45) is 0.957. The lowest BCUT2D eigenvalue weighted by Crippen LogP contribution is -2.29. The summed E-state index contributed by atoms with van der Waals surface area (Å²) in [6.45, 7) is 3.83. The first-order valence-electron chi connectivity index (χ1n) is 8.06. The highest BCUT2D eigenvalue weighted by molar-refractivity contribution is 7.18. The third-order valence-electron chi connectivity index (χ3n) is 4.02. The van der Waals surface area contributed by atoms with Crippen molar-refractivity contribution in [3.63, 3.8) is 0 Å². The molecule has 0 bridgehead atoms. The van der Waals surface area contributed by atoms with Crippen LogP contribution in [0.3, 0.4) is 0 Å². The molecule has 0 spiro atoms. The summed E-state index contributed by atoms with van der Waals surface area (Å²) in [4.78, 5) is 25.1. The van der Waals surface area contributed by atoms with Gasteiger partial charge >= 0.3 is 0 Å². The van der Waals surface area contributed by atoms with Crippen molar-refractivity contribution in [1.82, 2.24) is 5.32 Å². The molecule has 132 valence electrons. The van der Waals surface area contributed by atoms with Gasteiger partial charge in [-0.1, -0.05) is 6.07 Å². The first-order valence-corrected chi connectivity index (χ1v) is 8.88. The Hall–Kier alpha value is -2.25. The van der Waals surface area contributed by atoms with E-state index < -0.39 is 11.7 Å². The lowest BCUT2D eigenvalue weighted by atomic mass is 10.1. The van der Waals surface area contributed by atoms with Gasteiger partial charge in [-0.3, -0.25) is 9.59 Å². The molecule has 1 saturated heterocycles. The summed E-state index contributed by atoms with van der Waals surface area (Å²) in [5, 5.41) is 6.18. The van der Waals surface area contributed by atoms with E-state index in [4.69, 9.17) is 4.74 Å². The van der Waals surface area contributed by atoms with Crippen molar-refractivity contribution in [2.24, 2.45) is 5.92 Å². The normalized spacial score (nSPS) is 16.6. The Balaban J connectivity index is 1.63. The predicted molar refractivity (Wildman–Crippen MR) is 94.7 cm³/mol. The van der Waals surface area contributed by atoms with Crippen LogP contribution in [0.15, 0.2) is 30.3 Å². The Labute approximate surface area is 149 Å². The number of anilines is 1. The molecule has 1 aliphatic heterocycles. The minimum Gasteiger partial charge on any atom is -0.381 e. The minimum absolute atomic E-state index is 0.152. The number of amides is 2. The Bertz CT molecular complexity index is 784. The van der Waals surface area contributed by atoms with Crippen LogP contribution in [-0.2, 0) is 4.74 Å². The molecule has 2 heterocycles. The first kappa shape index (κ1) is 17.6. The van der Waals surface area contributed by atoms with E-state index in [1.807, 2.05) is 6.92 Å². The van der Waals surface area contributed by atoms with Gasteiger partial charge in [-0.25, -0.2) is 4.39 Å². The average Bonchev–Trinajstić information content (AvgIpc) is 3.22. The summed E-state index contributed by atoms with van der Waals surface area (Å²) in [7, 11) is 0. The topological polar surface area (TPSA) is 67.4 Å². The van der Waals surface area contributed by atoms with Crippen molar-refractivity contribution in [3.8, 4) is 0 Å². The number of hydrogen-bond donors (Lipinski definition) is 2. The van der Waals surface area contributed by atoms with E-state index in [1.165, 1.54) is 35.6 Å². The van der Waals surface area contributed by atoms with Crippen molar-refractivity contribution in [1.29, 1.82) is 0 Å². The van der Waals surface area contributed by atoms with Gasteiger partial charge in [0.1, 0.15) is 5.82 Å². The van der Waals surface area contributed by atoms with Crippen molar-refractivity contribution in [2.75, 3.05) is 25.1 Å². The third kappa shape index (κ3) is 4.43. The average molecular weight is 362 g/mol. The molecule has 0 unspecified atom stereocenters. The number of carbonyl (C=O) groups is 2. The molecule has 2 N–H and O–H groups in total. The third-order valence-corrected chi connectivity index (χ3v) is 5.17. The maximum absolute atomic E-state index is 13.2. The lowest BCUT2D eigenvalue weighted by molar-refractivity contribution is 0.0947. The van der Waals surface area contributed by atoms with Crippen LogP contribution in [0.2, 0.25) is 0 Å². The van der Waals surface area contributed by atoms with Gasteiger partial charge in [0.25, 0.3) is 11.8 Å². The van der Waals surface area contributed by atoms with Crippen LogP contribution in [0, 0.1) is 18.7 Å². The van der Waals surface area contributed by atoms with Gasteiger partial charge in [-0.05, 0) is 43.2 Å². The standard InChI is InChI=1S/C18H19FN2O3S/c1-11-7-15(21-17(22)13-3-2-4-14(19)8-13)25-16(11)18(23)20-9-12-5-6-24-10-12/h2-4,7-8,12H,5-6,9-10H2,1H3,(H,20,23)(H,21,22)/t12-/m0/s1. The zero-order valence-electron chi connectivity index (χ0n) is 13.8. The van der Waals surface area contributed by atoms with Gasteiger partial charge in [-0.2, -0.15) is 0 Å². The highest BCUT2D eigenvalue weighted by atomic mass is 32.1. The number of halogens is 1. The van der Waals surface area contributed by atoms with Crippen molar-refractivity contribution in [3.05, 3.63) is 52.2 Å². The summed E-state index contributed by atoms with van der Waals surface area (Å²) in [5.74, 6) is -0.668. The Morgan fingerprint density at radius 3 is 2.88 bits per heavy atom. The highest BCUT2D eigenvalue weighted by Crippen LogP contribution is 2.27. The number of aryl methyl sites for hydroxylation is 1. The fourth-order valence-corrected chi connectivity index (χ4v) is 3.63. The Morgan fingerprint density at radius 2 is 2.16 bits per heavy atom. The smallest absolute Gasteiger partial charge is 0.261 e. The van der Waals surface area contributed by atoms with Crippen molar-refractivity contribution < 1.29 is 18.7 Å². The summed E-state index contributed by atoms with van der Waals surface area (Å²) in [5.41, 5.74) is 1.03. The maximum atomic E-state index is 13.2. The van der Waals surface area contributed by atoms with Crippen LogP contribution in [0.4, 0.5) is 9.39 Å². The van der Waals surface area contributed by atoms with Gasteiger partial charge in [0.2, 0.25) is 0 Å². The van der Waals surface area contributed by atoms with E-state index >= 15 is 0 Å². The van der Waals surface area contributed by atoms with Gasteiger partial charge in [0.05, 0.1) is 16.5 Å². The van der Waals surface area contributed by atoms with E-state index in [-0.39, 0.29) is 11.5 Å². The molecule has 2 amide bonds. The number of hydrogen-bond acceptors (Lipinski definition) is 4. The van der Waals surface area contributed by atoms with E-state index in [9.17, 15) is 14.0 Å². The van der Waals surface area contributed by atoms with E-state index in [2.05, 4.69) is 10.6 Å². The molecule has 1 aliphatic rings. The van der Waals surface area contributed by atoms with Crippen LogP contribution in [-0.4, -0.2) is 31.6 Å². The van der Waals surface area contributed by atoms with E-state index in [0.717, 1.165) is 18.6 Å². The molecule has 3 rings (SSSR count). The molecule has 2 aromatic rings. The molecule has 7 heteroatoms. The number of benzene rings is 1. The second kappa shape index (κ2) is 7.76. The molecular weight excluding hydrogens is 343 g/mol. The molecule has 0 aliphatic carbocycles. The molecule has 1 aromatic heterocycles. The fourth-order valence-electron chi connectivity index (χ4n) is 2.64. The zero-order chi connectivity index (χ0) is 17.8. The molecule has 0 radical (unpaired) electrons. The largest absolute Gasteiger partial charge is 0.381 e. The number of nitrogens with one attached hydrogen (secondary N) is 2. The second-order valence-electron chi connectivity index (χ2n) is 6.03. The molecule has 1 aromatic carbocycles. The van der Waals surface area contributed by atoms with Crippen LogP contribution in [0.1, 0.15) is 32.0 Å². The number of ether oxygens (including phenoxy) is 1. The van der Waals surface area contributed by atoms with Gasteiger partial charge in [0, 0.05) is 24.6 Å². The maximum Gasteiger partial charge on any atom is 0.261 e. The summed E-state index contributed by atoms with van der Waals surface area (Å²) < 4.78 is 18.5. The predicted octanol–water partition coefficient (Wildman–Crippen LogP) is 3.21. The van der Waals surface area contributed by atoms with Crippen LogP contribution >= 0.6 is 11.3 Å². The van der Waals surface area contributed by atoms with Crippen LogP contribution < -0.4 is 10.6 Å². The SMILES string of the molecule is Cc1cc(NC(=O)c2cccc(F)c2)sc1C(=O)NC[C@@H]1CCOC1. The van der Waals surface area contributed by atoms with E-state index in [1.54, 1.807) is 6.07 Å². The fraction of sp³-hybridized carbons (Fsp3) is 0.333. The van der Waals surface area contributed by atoms with Gasteiger partial charge < -0.3 is 15.4 Å². The molecule has 0 saturated carbocycles. The summed E-state index contributed by atoms with van der Waals surface area (Å²) in [6, 6.07) is 7.22. The number of carbonyl (C=O) groups excluding carboxylic acids is 2. The quantitative estimate of drug-likeness (QED) is 0.858. The second-order valence-corrected chi connectivity index (χ2v) is 7.08. The Morgan fingerprint density at radius 1 is 1.32 bits per heavy atom. The summed E-state index contributed by atoms with van der Waals surface area (Å²) >= 11 is 1.21. The molecule has 25 heavy (non-hydrogen) atoms. The highest BCUT2D eigenvalue weighted by Gasteiger charge is 2.19. The number of rotatable bonds is 5. The number of thiophene rings is 1. The van der Waals surface area contributed by atoms with Gasteiger partial charge in [-0.15, -0.1) is 11.3 Å². The van der Waals surface area contributed by atoms with Crippen LogP contribution in [0.25, 0.3) is 0 Å². The van der Waals surface area contributed by atoms with Crippen molar-refractivity contribution >= 4 is 28.2 Å². The van der Waals surface area contributed by atoms with Gasteiger partial charge in [0.15, 0.2) is 0 Å². The zero-order valence-corrected chi connectivity index (χ0v) is 14.6. The molecular formula is C18H19FN2O3S. The minimum atomic E-state index is -0.467. The van der Waals surface area contributed by atoms with Crippen LogP contribution in [0.5, 0.6) is 0 Å². The molecule has 1 atom stereocenters.